The fourth-order valence-corrected chi connectivity index (χ4v) is 3.17. The van der Waals surface area contributed by atoms with Gasteiger partial charge in [0.1, 0.15) is 0 Å². The second kappa shape index (κ2) is 8.24. The normalized spacial score (nSPS) is 17.7. The third-order valence-electron chi connectivity index (χ3n) is 4.34. The highest BCUT2D eigenvalue weighted by Crippen LogP contribution is 2.25. The number of amides is 3. The largest absolute Gasteiger partial charge is 0.345 e. The summed E-state index contributed by atoms with van der Waals surface area (Å²) < 4.78 is 0. The predicted octanol–water partition coefficient (Wildman–Crippen LogP) is 1.35. The molecule has 0 atom stereocenters. The molecule has 1 saturated carbocycles. The minimum atomic E-state index is -0.531. The molecule has 2 N–H and O–H groups in total. The van der Waals surface area contributed by atoms with Crippen LogP contribution in [0.3, 0.4) is 0 Å². The van der Waals surface area contributed by atoms with E-state index in [1.807, 2.05) is 4.90 Å². The number of rotatable bonds is 4. The van der Waals surface area contributed by atoms with E-state index >= 15 is 0 Å². The highest BCUT2D eigenvalue weighted by molar-refractivity contribution is 6.36. The summed E-state index contributed by atoms with van der Waals surface area (Å²) in [6, 6.07) is 5.03. The summed E-state index contributed by atoms with van der Waals surface area (Å²) in [4.78, 5) is 39.5. The van der Waals surface area contributed by atoms with Crippen LogP contribution in [0.2, 0.25) is 10.0 Å². The van der Waals surface area contributed by atoms with Crippen molar-refractivity contribution < 1.29 is 14.4 Å². The maximum Gasteiger partial charge on any atom is 0.311 e. The zero-order valence-electron chi connectivity index (χ0n) is 14.1. The summed E-state index contributed by atoms with van der Waals surface area (Å²) in [5, 5.41) is 6.33. The fraction of sp³-hybridized carbons (Fsp3) is 0.471. The lowest BCUT2D eigenvalue weighted by Crippen LogP contribution is -2.53. The second-order valence-corrected chi connectivity index (χ2v) is 7.33. The third-order valence-corrected chi connectivity index (χ3v) is 4.89. The molecule has 1 aromatic carbocycles. The minimum Gasteiger partial charge on any atom is -0.345 e. The Morgan fingerprint density at radius 2 is 1.77 bits per heavy atom. The van der Waals surface area contributed by atoms with Crippen LogP contribution in [0.25, 0.3) is 0 Å². The molecule has 1 aliphatic carbocycles. The zero-order valence-corrected chi connectivity index (χ0v) is 15.6. The van der Waals surface area contributed by atoms with Crippen molar-refractivity contribution in [3.05, 3.63) is 28.2 Å². The minimum absolute atomic E-state index is 0.163. The van der Waals surface area contributed by atoms with E-state index in [-0.39, 0.29) is 18.5 Å². The van der Waals surface area contributed by atoms with Gasteiger partial charge in [-0.15, -0.1) is 0 Å². The highest BCUT2D eigenvalue weighted by atomic mass is 35.5. The summed E-state index contributed by atoms with van der Waals surface area (Å²) in [7, 11) is 0. The molecule has 0 bridgehead atoms. The number of nitrogens with zero attached hydrogens (tertiary/aromatic N) is 2. The first-order valence-corrected chi connectivity index (χ1v) is 9.25. The van der Waals surface area contributed by atoms with E-state index < -0.39 is 11.8 Å². The molecule has 7 nitrogen and oxygen atoms in total. The summed E-state index contributed by atoms with van der Waals surface area (Å²) in [5.74, 6) is -1.22. The Bertz CT molecular complexity index is 716. The van der Waals surface area contributed by atoms with Crippen molar-refractivity contribution in [3.63, 3.8) is 0 Å². The van der Waals surface area contributed by atoms with Crippen molar-refractivity contribution >= 4 is 46.6 Å². The van der Waals surface area contributed by atoms with Crippen LogP contribution in [0.15, 0.2) is 18.2 Å². The van der Waals surface area contributed by atoms with Gasteiger partial charge in [-0.25, -0.2) is 0 Å². The molecule has 0 spiro atoms. The number of nitrogens with one attached hydrogen (secondary N) is 2. The van der Waals surface area contributed by atoms with Crippen LogP contribution in [0, 0.1) is 0 Å². The SMILES string of the molecule is O=C(CN1CCN(C(=O)C(=O)NC2CC2)CC1)Nc1ccc(Cl)cc1Cl. The lowest BCUT2D eigenvalue weighted by atomic mass is 10.3. The van der Waals surface area contributed by atoms with Gasteiger partial charge in [0, 0.05) is 37.2 Å². The molecule has 0 radical (unpaired) electrons. The van der Waals surface area contributed by atoms with Gasteiger partial charge in [-0.1, -0.05) is 23.2 Å². The Kier molecular flexibility index (Phi) is 6.01. The standard InChI is InChI=1S/C17H20Cl2N4O3/c18-11-1-4-14(13(19)9-11)21-15(24)10-22-5-7-23(8-6-22)17(26)16(25)20-12-2-3-12/h1,4,9,12H,2-3,5-8,10H2,(H,20,25)(H,21,24). The van der Waals surface area contributed by atoms with Crippen molar-refractivity contribution in [1.82, 2.24) is 15.1 Å². The van der Waals surface area contributed by atoms with Gasteiger partial charge in [0.25, 0.3) is 0 Å². The molecular weight excluding hydrogens is 379 g/mol. The van der Waals surface area contributed by atoms with Gasteiger partial charge in [-0.05, 0) is 31.0 Å². The van der Waals surface area contributed by atoms with Gasteiger partial charge >= 0.3 is 11.8 Å². The molecule has 26 heavy (non-hydrogen) atoms. The first-order valence-electron chi connectivity index (χ1n) is 8.49. The summed E-state index contributed by atoms with van der Waals surface area (Å²) in [6.07, 6.45) is 1.89. The first kappa shape index (κ1) is 18.9. The van der Waals surface area contributed by atoms with E-state index in [0.29, 0.717) is 41.9 Å². The molecule has 1 heterocycles. The average Bonchev–Trinajstić information content (AvgIpc) is 3.41. The van der Waals surface area contributed by atoms with E-state index in [0.717, 1.165) is 12.8 Å². The molecule has 3 amide bonds. The first-order chi connectivity index (χ1) is 12.4. The number of carbonyl (C=O) groups is 3. The number of benzene rings is 1. The van der Waals surface area contributed by atoms with Crippen LogP contribution < -0.4 is 10.6 Å². The molecule has 2 fully saturated rings. The predicted molar refractivity (Wildman–Crippen MR) is 99.3 cm³/mol. The Morgan fingerprint density at radius 1 is 1.08 bits per heavy atom. The summed E-state index contributed by atoms with van der Waals surface area (Å²) >= 11 is 11.9. The van der Waals surface area contributed by atoms with Gasteiger partial charge in [-0.3, -0.25) is 19.3 Å². The van der Waals surface area contributed by atoms with E-state index in [1.54, 1.807) is 18.2 Å². The molecular formula is C17H20Cl2N4O3. The van der Waals surface area contributed by atoms with Crippen LogP contribution in [0.5, 0.6) is 0 Å². The van der Waals surface area contributed by atoms with Crippen molar-refractivity contribution in [2.24, 2.45) is 0 Å². The van der Waals surface area contributed by atoms with Crippen LogP contribution in [0.4, 0.5) is 5.69 Å². The van der Waals surface area contributed by atoms with Gasteiger partial charge in [-0.2, -0.15) is 0 Å². The number of halogens is 2. The lowest BCUT2D eigenvalue weighted by molar-refractivity contribution is -0.147. The van der Waals surface area contributed by atoms with E-state index in [1.165, 1.54) is 4.90 Å². The van der Waals surface area contributed by atoms with Crippen LogP contribution in [-0.2, 0) is 14.4 Å². The zero-order chi connectivity index (χ0) is 18.7. The monoisotopic (exact) mass is 398 g/mol. The molecule has 1 aliphatic heterocycles. The lowest BCUT2D eigenvalue weighted by Gasteiger charge is -2.33. The number of carbonyl (C=O) groups excluding carboxylic acids is 3. The van der Waals surface area contributed by atoms with Crippen molar-refractivity contribution in [2.45, 2.75) is 18.9 Å². The molecule has 1 aromatic rings. The van der Waals surface area contributed by atoms with Gasteiger partial charge in [0.05, 0.1) is 17.3 Å². The number of hydrogen-bond acceptors (Lipinski definition) is 4. The van der Waals surface area contributed by atoms with Gasteiger partial charge < -0.3 is 15.5 Å². The Balaban J connectivity index is 1.43. The molecule has 1 saturated heterocycles. The topological polar surface area (TPSA) is 81.8 Å². The van der Waals surface area contributed by atoms with Crippen molar-refractivity contribution in [1.29, 1.82) is 0 Å². The van der Waals surface area contributed by atoms with E-state index in [2.05, 4.69) is 10.6 Å². The summed E-state index contributed by atoms with van der Waals surface area (Å²) in [5.41, 5.74) is 0.506. The Labute approximate surface area is 161 Å². The molecule has 9 heteroatoms. The van der Waals surface area contributed by atoms with E-state index in [9.17, 15) is 14.4 Å². The molecule has 3 rings (SSSR count). The Morgan fingerprint density at radius 3 is 2.38 bits per heavy atom. The maximum absolute atomic E-state index is 12.2. The van der Waals surface area contributed by atoms with Crippen LogP contribution in [0.1, 0.15) is 12.8 Å². The smallest absolute Gasteiger partial charge is 0.311 e. The van der Waals surface area contributed by atoms with Gasteiger partial charge in [0.15, 0.2) is 0 Å². The van der Waals surface area contributed by atoms with E-state index in [4.69, 9.17) is 23.2 Å². The number of anilines is 1. The van der Waals surface area contributed by atoms with Crippen molar-refractivity contribution in [2.75, 3.05) is 38.0 Å². The second-order valence-electron chi connectivity index (χ2n) is 6.49. The average molecular weight is 399 g/mol. The highest BCUT2D eigenvalue weighted by Gasteiger charge is 2.30. The van der Waals surface area contributed by atoms with Gasteiger partial charge in [0.2, 0.25) is 5.91 Å². The third kappa shape index (κ3) is 5.09. The molecule has 2 aliphatic rings. The molecule has 0 aromatic heterocycles. The quantitative estimate of drug-likeness (QED) is 0.750. The molecule has 140 valence electrons. The van der Waals surface area contributed by atoms with Crippen molar-refractivity contribution in [3.8, 4) is 0 Å². The Hall–Kier alpha value is -1.83. The number of piperazine rings is 1. The maximum atomic E-state index is 12.2. The molecule has 0 unspecified atom stereocenters. The number of hydrogen-bond donors (Lipinski definition) is 2. The van der Waals surface area contributed by atoms with Crippen LogP contribution >= 0.6 is 23.2 Å². The summed E-state index contributed by atoms with van der Waals surface area (Å²) in [6.45, 7) is 2.10. The van der Waals surface area contributed by atoms with Crippen LogP contribution in [-0.4, -0.2) is 66.3 Å². The fourth-order valence-electron chi connectivity index (χ4n) is 2.71.